The molecule has 0 radical (unpaired) electrons. The van der Waals surface area contributed by atoms with Crippen molar-refractivity contribution in [2.75, 3.05) is 20.1 Å². The first-order valence-electron chi connectivity index (χ1n) is 10.3. The maximum absolute atomic E-state index is 13.5. The van der Waals surface area contributed by atoms with Crippen LogP contribution in [0.3, 0.4) is 0 Å². The summed E-state index contributed by atoms with van der Waals surface area (Å²) in [4.78, 5) is 42.2. The van der Waals surface area contributed by atoms with Crippen LogP contribution in [0.2, 0.25) is 5.02 Å². The number of aromatic hydroxyl groups is 1. The highest BCUT2D eigenvalue weighted by molar-refractivity contribution is 6.30. The number of rotatable bonds is 2. The fourth-order valence-corrected chi connectivity index (χ4v) is 4.73. The first-order chi connectivity index (χ1) is 15.1. The molecule has 0 unspecified atom stereocenters. The first-order valence-corrected chi connectivity index (χ1v) is 10.6. The fourth-order valence-electron chi connectivity index (χ4n) is 4.52. The molecule has 0 aliphatic carbocycles. The molecule has 0 fully saturated rings. The van der Waals surface area contributed by atoms with Crippen LogP contribution in [0.25, 0.3) is 0 Å². The number of carbonyl (C=O) groups is 2. The number of halogens is 2. The number of hydrogen-bond acceptors (Lipinski definition) is 5. The molecular formula is C22H23ClFN3O5. The van der Waals surface area contributed by atoms with Crippen LogP contribution in [-0.2, 0) is 13.0 Å². The quantitative estimate of drug-likeness (QED) is 0.708. The largest absolute Gasteiger partial charge is 0.502 e. The Kier molecular flexibility index (Phi) is 5.72. The van der Waals surface area contributed by atoms with E-state index in [1.54, 1.807) is 6.92 Å². The number of aliphatic hydroxyl groups is 1. The average Bonchev–Trinajstić information content (AvgIpc) is 2.73. The van der Waals surface area contributed by atoms with E-state index in [9.17, 15) is 29.0 Å². The third kappa shape index (κ3) is 3.65. The zero-order valence-electron chi connectivity index (χ0n) is 17.6. The standard InChI is InChI=1S/C22H23ClFN3O5/c1-11-7-13(28)10-25(2)21(31)18-14-5-6-26(9-12-3-4-16(24)15(23)8-12)20(30)17(14)19(29)22(32)27(11)18/h3-4,8,11,13,28-29H,5-7,9-10H2,1-2H3/t11-,13+/m0/s1. The Balaban J connectivity index is 1.81. The summed E-state index contributed by atoms with van der Waals surface area (Å²) >= 11 is 5.83. The molecule has 2 N–H and O–H groups in total. The van der Waals surface area contributed by atoms with Crippen molar-refractivity contribution >= 4 is 23.4 Å². The molecule has 8 nitrogen and oxygen atoms in total. The molecule has 0 spiro atoms. The minimum absolute atomic E-state index is 0.0698. The fraction of sp³-hybridized carbons (Fsp3) is 0.409. The molecule has 32 heavy (non-hydrogen) atoms. The number of likely N-dealkylation sites (N-methyl/N-ethyl adjacent to an activating group) is 1. The number of nitrogens with zero attached hydrogens (tertiary/aromatic N) is 3. The lowest BCUT2D eigenvalue weighted by atomic mass is 9.93. The zero-order valence-corrected chi connectivity index (χ0v) is 18.4. The Morgan fingerprint density at radius 3 is 2.62 bits per heavy atom. The summed E-state index contributed by atoms with van der Waals surface area (Å²) in [5, 5.41) is 20.8. The van der Waals surface area contributed by atoms with Crippen LogP contribution in [0, 0.1) is 5.82 Å². The van der Waals surface area contributed by atoms with Crippen molar-refractivity contribution in [2.24, 2.45) is 0 Å². The van der Waals surface area contributed by atoms with Gasteiger partial charge in [-0.05, 0) is 37.5 Å². The predicted molar refractivity (Wildman–Crippen MR) is 115 cm³/mol. The number of amides is 2. The van der Waals surface area contributed by atoms with Gasteiger partial charge in [0.05, 0.1) is 16.7 Å². The summed E-state index contributed by atoms with van der Waals surface area (Å²) in [5.41, 5.74) is -0.0462. The van der Waals surface area contributed by atoms with Crippen LogP contribution >= 0.6 is 11.6 Å². The van der Waals surface area contributed by atoms with E-state index in [0.29, 0.717) is 11.1 Å². The van der Waals surface area contributed by atoms with Crippen molar-refractivity contribution < 1.29 is 24.2 Å². The molecule has 0 saturated heterocycles. The second-order valence-corrected chi connectivity index (χ2v) is 8.78. The summed E-state index contributed by atoms with van der Waals surface area (Å²) in [6, 6.07) is 3.58. The van der Waals surface area contributed by atoms with Gasteiger partial charge in [-0.2, -0.15) is 0 Å². The summed E-state index contributed by atoms with van der Waals surface area (Å²) in [7, 11) is 1.52. The van der Waals surface area contributed by atoms with Crippen molar-refractivity contribution in [1.82, 2.24) is 14.4 Å². The Labute approximate surface area is 188 Å². The summed E-state index contributed by atoms with van der Waals surface area (Å²) < 4.78 is 14.7. The molecule has 0 saturated carbocycles. The van der Waals surface area contributed by atoms with Crippen LogP contribution in [0.1, 0.15) is 51.4 Å². The highest BCUT2D eigenvalue weighted by Gasteiger charge is 2.38. The third-order valence-corrected chi connectivity index (χ3v) is 6.35. The number of pyridine rings is 1. The van der Waals surface area contributed by atoms with Crippen LogP contribution < -0.4 is 5.56 Å². The smallest absolute Gasteiger partial charge is 0.294 e. The normalized spacial score (nSPS) is 21.2. The molecule has 2 aliphatic heterocycles. The van der Waals surface area contributed by atoms with E-state index in [2.05, 4.69) is 0 Å². The third-order valence-electron chi connectivity index (χ3n) is 6.06. The van der Waals surface area contributed by atoms with Gasteiger partial charge in [0.25, 0.3) is 17.4 Å². The number of β-amino-alcohol motifs (C(OH)–C–C–N with tert-alkyl or cyclic N) is 1. The van der Waals surface area contributed by atoms with Crippen molar-refractivity contribution in [3.8, 4) is 5.75 Å². The molecule has 0 bridgehead atoms. The molecule has 1 aromatic heterocycles. The Bertz CT molecular complexity index is 1180. The van der Waals surface area contributed by atoms with E-state index in [4.69, 9.17) is 11.6 Å². The Morgan fingerprint density at radius 1 is 1.22 bits per heavy atom. The van der Waals surface area contributed by atoms with Gasteiger partial charge in [-0.1, -0.05) is 17.7 Å². The number of carbonyl (C=O) groups excluding carboxylic acids is 2. The van der Waals surface area contributed by atoms with Crippen LogP contribution in [-0.4, -0.2) is 62.6 Å². The van der Waals surface area contributed by atoms with Gasteiger partial charge in [0.1, 0.15) is 11.5 Å². The number of fused-ring (bicyclic) bond motifs is 3. The molecule has 2 amide bonds. The minimum atomic E-state index is -0.845. The molecule has 1 aromatic carbocycles. The summed E-state index contributed by atoms with van der Waals surface area (Å²) in [6.07, 6.45) is -0.362. The molecule has 170 valence electrons. The van der Waals surface area contributed by atoms with Gasteiger partial charge in [-0.15, -0.1) is 0 Å². The van der Waals surface area contributed by atoms with Gasteiger partial charge in [0.15, 0.2) is 5.75 Å². The lowest BCUT2D eigenvalue weighted by molar-refractivity contribution is 0.0575. The Hall–Kier alpha value is -2.91. The highest BCUT2D eigenvalue weighted by atomic mass is 35.5. The van der Waals surface area contributed by atoms with Gasteiger partial charge < -0.3 is 20.0 Å². The van der Waals surface area contributed by atoms with E-state index in [-0.39, 0.29) is 48.8 Å². The van der Waals surface area contributed by atoms with Gasteiger partial charge in [-0.3, -0.25) is 19.0 Å². The van der Waals surface area contributed by atoms with Crippen LogP contribution in [0.15, 0.2) is 23.0 Å². The van der Waals surface area contributed by atoms with E-state index in [1.165, 1.54) is 39.6 Å². The van der Waals surface area contributed by atoms with Crippen molar-refractivity contribution in [1.29, 1.82) is 0 Å². The van der Waals surface area contributed by atoms with E-state index in [0.717, 1.165) is 0 Å². The topological polar surface area (TPSA) is 103 Å². The number of aliphatic hydroxyl groups excluding tert-OH is 1. The summed E-state index contributed by atoms with van der Waals surface area (Å²) in [5.74, 6) is -2.37. The van der Waals surface area contributed by atoms with Gasteiger partial charge >= 0.3 is 0 Å². The predicted octanol–water partition coefficient (Wildman–Crippen LogP) is 1.94. The molecular weight excluding hydrogens is 441 g/mol. The monoisotopic (exact) mass is 463 g/mol. The van der Waals surface area contributed by atoms with Gasteiger partial charge in [0, 0.05) is 38.3 Å². The van der Waals surface area contributed by atoms with Crippen molar-refractivity contribution in [3.05, 3.63) is 61.8 Å². The van der Waals surface area contributed by atoms with Crippen molar-refractivity contribution in [3.63, 3.8) is 0 Å². The molecule has 3 heterocycles. The SMILES string of the molecule is C[C@H]1C[C@@H](O)CN(C)C(=O)c2c3c(c(O)c(=O)n21)C(=O)N(Cc1ccc(F)c(Cl)c1)CC3. The maximum atomic E-state index is 13.5. The second-order valence-electron chi connectivity index (χ2n) is 8.38. The molecule has 4 rings (SSSR count). The number of benzene rings is 1. The minimum Gasteiger partial charge on any atom is -0.502 e. The molecule has 2 aliphatic rings. The Morgan fingerprint density at radius 2 is 1.94 bits per heavy atom. The first kappa shape index (κ1) is 22.3. The average molecular weight is 464 g/mol. The lowest BCUT2D eigenvalue weighted by Gasteiger charge is -2.35. The van der Waals surface area contributed by atoms with Gasteiger partial charge in [0.2, 0.25) is 0 Å². The van der Waals surface area contributed by atoms with E-state index < -0.39 is 41.1 Å². The lowest BCUT2D eigenvalue weighted by Crippen LogP contribution is -2.46. The van der Waals surface area contributed by atoms with E-state index >= 15 is 0 Å². The molecule has 10 heteroatoms. The highest BCUT2D eigenvalue weighted by Crippen LogP contribution is 2.32. The number of hydrogen-bond donors (Lipinski definition) is 2. The zero-order chi connectivity index (χ0) is 23.3. The maximum Gasteiger partial charge on any atom is 0.294 e. The molecule has 2 atom stereocenters. The summed E-state index contributed by atoms with van der Waals surface area (Å²) in [6.45, 7) is 2.12. The molecule has 2 aromatic rings. The van der Waals surface area contributed by atoms with E-state index in [1.807, 2.05) is 0 Å². The number of aromatic nitrogens is 1. The van der Waals surface area contributed by atoms with Crippen LogP contribution in [0.5, 0.6) is 5.75 Å². The second kappa shape index (κ2) is 8.22. The van der Waals surface area contributed by atoms with Gasteiger partial charge in [-0.25, -0.2) is 4.39 Å². The van der Waals surface area contributed by atoms with Crippen LogP contribution in [0.4, 0.5) is 4.39 Å². The van der Waals surface area contributed by atoms with Crippen molar-refractivity contribution in [2.45, 2.75) is 38.5 Å².